The van der Waals surface area contributed by atoms with Crippen LogP contribution in [0.5, 0.6) is 5.75 Å². The Morgan fingerprint density at radius 3 is 2.51 bits per heavy atom. The van der Waals surface area contributed by atoms with Crippen LogP contribution in [0.4, 0.5) is 0 Å². The minimum Gasteiger partial charge on any atom is -0.487 e. The molecule has 210 valence electrons. The van der Waals surface area contributed by atoms with Gasteiger partial charge in [-0.1, -0.05) is 82.5 Å². The summed E-state index contributed by atoms with van der Waals surface area (Å²) in [7, 11) is 0. The van der Waals surface area contributed by atoms with Crippen molar-refractivity contribution in [2.45, 2.75) is 26.5 Å². The molecule has 1 aliphatic heterocycles. The van der Waals surface area contributed by atoms with Crippen LogP contribution < -0.4 is 19.6 Å². The first-order valence-electron chi connectivity index (χ1n) is 12.5. The zero-order valence-corrected chi connectivity index (χ0v) is 26.5. The molecule has 0 bridgehead atoms. The molecule has 1 aromatic heterocycles. The average Bonchev–Trinajstić information content (AvgIpc) is 3.22. The number of carbonyl (C=O) groups excluding carboxylic acids is 1. The van der Waals surface area contributed by atoms with Crippen molar-refractivity contribution in [1.29, 1.82) is 0 Å². The summed E-state index contributed by atoms with van der Waals surface area (Å²) in [6, 6.07) is 17.1. The Labute approximate surface area is 263 Å². The lowest BCUT2D eigenvalue weighted by Gasteiger charge is -2.25. The summed E-state index contributed by atoms with van der Waals surface area (Å²) in [6.07, 6.45) is 1.70. The molecule has 6 nitrogen and oxygen atoms in total. The number of rotatable bonds is 7. The molecule has 0 fully saturated rings. The molecule has 1 aliphatic rings. The number of halogens is 4. The number of nitrogens with zero attached hydrogens (tertiary/aromatic N) is 2. The van der Waals surface area contributed by atoms with Crippen molar-refractivity contribution in [2.75, 3.05) is 6.61 Å². The van der Waals surface area contributed by atoms with E-state index in [2.05, 4.69) is 20.9 Å². The molecule has 4 aromatic rings. The molecule has 0 aliphatic carbocycles. The molecule has 0 amide bonds. The van der Waals surface area contributed by atoms with E-state index in [-0.39, 0.29) is 24.3 Å². The lowest BCUT2D eigenvalue weighted by Crippen LogP contribution is -2.40. The number of carbonyl (C=O) groups is 1. The maximum absolute atomic E-state index is 14.0. The fourth-order valence-corrected chi connectivity index (χ4v) is 6.94. The minimum absolute atomic E-state index is 0.176. The lowest BCUT2D eigenvalue weighted by molar-refractivity contribution is -0.139. The molecule has 1 atom stereocenters. The monoisotopic (exact) mass is 690 g/mol. The van der Waals surface area contributed by atoms with Gasteiger partial charge in [0.1, 0.15) is 18.4 Å². The molecule has 0 spiro atoms. The Morgan fingerprint density at radius 1 is 1.10 bits per heavy atom. The summed E-state index contributed by atoms with van der Waals surface area (Å²) in [5, 5.41) is 1.45. The number of esters is 1. The van der Waals surface area contributed by atoms with E-state index in [1.54, 1.807) is 62.4 Å². The minimum atomic E-state index is -0.816. The van der Waals surface area contributed by atoms with Gasteiger partial charge < -0.3 is 9.47 Å². The van der Waals surface area contributed by atoms with Crippen molar-refractivity contribution in [2.24, 2.45) is 4.99 Å². The van der Waals surface area contributed by atoms with E-state index in [1.165, 1.54) is 15.9 Å². The SMILES string of the molecule is CCOC(=O)C1=C(C)N=c2s/c(=C\c3cc(Cl)cc(Br)c3OCc3ccccc3Cl)c(=O)n2[C@@H]1c1ccccc1Cl. The van der Waals surface area contributed by atoms with Crippen molar-refractivity contribution in [3.63, 3.8) is 0 Å². The summed E-state index contributed by atoms with van der Waals surface area (Å²) in [5.74, 6) is -0.0619. The molecule has 0 unspecified atom stereocenters. The number of hydrogen-bond donors (Lipinski definition) is 0. The summed E-state index contributed by atoms with van der Waals surface area (Å²) in [6.45, 7) is 3.83. The third kappa shape index (κ3) is 6.03. The van der Waals surface area contributed by atoms with Crippen molar-refractivity contribution in [3.8, 4) is 5.75 Å². The van der Waals surface area contributed by atoms with Gasteiger partial charge in [0.05, 0.1) is 26.9 Å². The normalized spacial score (nSPS) is 15.0. The molecule has 0 N–H and O–H groups in total. The van der Waals surface area contributed by atoms with Crippen LogP contribution in [0.1, 0.15) is 36.6 Å². The third-order valence-electron chi connectivity index (χ3n) is 6.37. The van der Waals surface area contributed by atoms with E-state index < -0.39 is 12.0 Å². The van der Waals surface area contributed by atoms with Crippen LogP contribution in [0.3, 0.4) is 0 Å². The van der Waals surface area contributed by atoms with Gasteiger partial charge in [0.25, 0.3) is 5.56 Å². The Hall–Kier alpha value is -2.88. The summed E-state index contributed by atoms with van der Waals surface area (Å²) in [4.78, 5) is 32.2. The van der Waals surface area contributed by atoms with Gasteiger partial charge in [0.15, 0.2) is 4.80 Å². The highest BCUT2D eigenvalue weighted by Gasteiger charge is 2.34. The molecule has 41 heavy (non-hydrogen) atoms. The Balaban J connectivity index is 1.67. The first-order valence-corrected chi connectivity index (χ1v) is 15.2. The van der Waals surface area contributed by atoms with Crippen molar-refractivity contribution in [3.05, 3.63) is 128 Å². The first-order chi connectivity index (χ1) is 19.7. The Bertz CT molecular complexity index is 1880. The van der Waals surface area contributed by atoms with E-state index in [9.17, 15) is 9.59 Å². The third-order valence-corrected chi connectivity index (χ3v) is 8.87. The molecule has 2 heterocycles. The molecular weight excluding hydrogens is 671 g/mol. The van der Waals surface area contributed by atoms with Crippen LogP contribution in [0.25, 0.3) is 6.08 Å². The number of allylic oxidation sites excluding steroid dienone is 1. The summed E-state index contributed by atoms with van der Waals surface area (Å²) < 4.78 is 14.0. The second-order valence-electron chi connectivity index (χ2n) is 9.01. The smallest absolute Gasteiger partial charge is 0.338 e. The van der Waals surface area contributed by atoms with Gasteiger partial charge in [-0.25, -0.2) is 9.79 Å². The van der Waals surface area contributed by atoms with Crippen molar-refractivity contribution < 1.29 is 14.3 Å². The van der Waals surface area contributed by atoms with Gasteiger partial charge in [0, 0.05) is 26.2 Å². The highest BCUT2D eigenvalue weighted by Crippen LogP contribution is 2.36. The van der Waals surface area contributed by atoms with Gasteiger partial charge in [-0.15, -0.1) is 0 Å². The predicted molar refractivity (Wildman–Crippen MR) is 167 cm³/mol. The molecular formula is C30H22BrCl3N2O4S. The number of thiazole rings is 1. The van der Waals surface area contributed by atoms with Crippen LogP contribution in [0.15, 0.2) is 86.2 Å². The van der Waals surface area contributed by atoms with Gasteiger partial charge in [-0.2, -0.15) is 0 Å². The second-order valence-corrected chi connectivity index (χ2v) is 12.1. The van der Waals surface area contributed by atoms with Crippen LogP contribution in [0, 0.1) is 0 Å². The molecule has 0 saturated carbocycles. The Morgan fingerprint density at radius 2 is 1.80 bits per heavy atom. The molecule has 11 heteroatoms. The standard InChI is InChI=1S/C30H22BrCl3N2O4S/c1-3-39-29(38)25-16(2)35-30-36(26(25)20-9-5-7-11-23(20)34)28(37)24(41-30)13-18-12-19(32)14-21(31)27(18)40-15-17-8-4-6-10-22(17)33/h4-14,26H,3,15H2,1-2H3/b24-13-/t26-/m1/s1. The van der Waals surface area contributed by atoms with Gasteiger partial charge in [0.2, 0.25) is 0 Å². The van der Waals surface area contributed by atoms with Crippen molar-refractivity contribution in [1.82, 2.24) is 4.57 Å². The van der Waals surface area contributed by atoms with E-state index >= 15 is 0 Å². The van der Waals surface area contributed by atoms with Crippen LogP contribution >= 0.6 is 62.1 Å². The van der Waals surface area contributed by atoms with Crippen LogP contribution in [-0.4, -0.2) is 17.1 Å². The number of aromatic nitrogens is 1. The van der Waals surface area contributed by atoms with Crippen LogP contribution in [0.2, 0.25) is 15.1 Å². The Kier molecular flexibility index (Phi) is 9.06. The van der Waals surface area contributed by atoms with Gasteiger partial charge >= 0.3 is 5.97 Å². The molecule has 0 saturated heterocycles. The highest BCUT2D eigenvalue weighted by molar-refractivity contribution is 9.10. The average molecular weight is 693 g/mol. The number of fused-ring (bicyclic) bond motifs is 1. The molecule has 3 aromatic carbocycles. The fraction of sp³-hybridized carbons (Fsp3) is 0.167. The maximum atomic E-state index is 14.0. The predicted octanol–water partition coefficient (Wildman–Crippen LogP) is 7.10. The lowest BCUT2D eigenvalue weighted by atomic mass is 9.96. The zero-order valence-electron chi connectivity index (χ0n) is 21.8. The maximum Gasteiger partial charge on any atom is 0.338 e. The summed E-state index contributed by atoms with van der Waals surface area (Å²) >= 11 is 24.0. The number of benzene rings is 3. The molecule has 0 radical (unpaired) electrons. The molecule has 5 rings (SSSR count). The number of hydrogen-bond acceptors (Lipinski definition) is 6. The van der Waals surface area contributed by atoms with Crippen molar-refractivity contribution >= 4 is 74.1 Å². The zero-order chi connectivity index (χ0) is 29.3. The van der Waals surface area contributed by atoms with Gasteiger partial charge in [-0.3, -0.25) is 9.36 Å². The highest BCUT2D eigenvalue weighted by atomic mass is 79.9. The first kappa shape index (κ1) is 29.6. The van der Waals surface area contributed by atoms with Gasteiger partial charge in [-0.05, 0) is 65.7 Å². The van der Waals surface area contributed by atoms with E-state index in [0.717, 1.165) is 5.56 Å². The van der Waals surface area contributed by atoms with E-state index in [1.807, 2.05) is 18.2 Å². The van der Waals surface area contributed by atoms with E-state index in [4.69, 9.17) is 44.3 Å². The van der Waals surface area contributed by atoms with Crippen LogP contribution in [-0.2, 0) is 16.1 Å². The summed E-state index contributed by atoms with van der Waals surface area (Å²) in [5.41, 5.74) is 2.35. The largest absolute Gasteiger partial charge is 0.487 e. The quantitative estimate of drug-likeness (QED) is 0.194. The van der Waals surface area contributed by atoms with E-state index in [0.29, 0.717) is 51.4 Å². The second kappa shape index (κ2) is 12.5. The topological polar surface area (TPSA) is 69.9 Å². The number of ether oxygens (including phenoxy) is 2. The fourth-order valence-electron chi connectivity index (χ4n) is 4.53.